The number of aromatic nitrogens is 1. The fourth-order valence-electron chi connectivity index (χ4n) is 3.26. The van der Waals surface area contributed by atoms with Gasteiger partial charge in [-0.2, -0.15) is 0 Å². The molecule has 1 aromatic carbocycles. The minimum atomic E-state index is -0.364. The van der Waals surface area contributed by atoms with Crippen molar-refractivity contribution in [3.8, 4) is 22.8 Å². The molecule has 0 unspecified atom stereocenters. The molecular formula is C20H18N2O4. The smallest absolute Gasteiger partial charge is 0.197 e. The minimum Gasteiger partial charge on any atom is -0.507 e. The maximum Gasteiger partial charge on any atom is 0.197 e. The minimum absolute atomic E-state index is 0.0743. The number of rotatable bonds is 2. The van der Waals surface area contributed by atoms with Crippen LogP contribution in [-0.2, 0) is 0 Å². The molecule has 3 aromatic rings. The van der Waals surface area contributed by atoms with E-state index in [4.69, 9.17) is 4.42 Å². The van der Waals surface area contributed by atoms with Crippen molar-refractivity contribution in [3.63, 3.8) is 0 Å². The Bertz CT molecular complexity index is 1070. The number of hydrogen-bond donors (Lipinski definition) is 2. The lowest BCUT2D eigenvalue weighted by Crippen LogP contribution is -2.23. The van der Waals surface area contributed by atoms with E-state index in [-0.39, 0.29) is 27.9 Å². The molecule has 0 atom stereocenters. The molecule has 6 nitrogen and oxygen atoms in total. The third kappa shape index (κ3) is 2.74. The predicted molar refractivity (Wildman–Crippen MR) is 99.1 cm³/mol. The molecule has 0 spiro atoms. The van der Waals surface area contributed by atoms with Crippen LogP contribution in [0.3, 0.4) is 0 Å². The Morgan fingerprint density at radius 2 is 2.08 bits per heavy atom. The highest BCUT2D eigenvalue weighted by Crippen LogP contribution is 2.40. The van der Waals surface area contributed by atoms with Gasteiger partial charge >= 0.3 is 0 Å². The standard InChI is InChI=1S/C20H18N2O4/c1-22-7-4-12(5-8-22)18-14(23)9-15(24)19-16(25)10-17(26-20(18)19)13-3-2-6-21-11-13/h2-4,6,9-11,23-24H,5,7-8H2,1H3. The Hall–Kier alpha value is -3.12. The van der Waals surface area contributed by atoms with Crippen molar-refractivity contribution >= 4 is 16.5 Å². The molecule has 0 aliphatic carbocycles. The summed E-state index contributed by atoms with van der Waals surface area (Å²) in [6.45, 7) is 1.57. The van der Waals surface area contributed by atoms with Gasteiger partial charge in [-0.25, -0.2) is 0 Å². The van der Waals surface area contributed by atoms with Gasteiger partial charge in [-0.05, 0) is 31.2 Å². The first kappa shape index (κ1) is 16.4. The van der Waals surface area contributed by atoms with Gasteiger partial charge in [-0.3, -0.25) is 9.78 Å². The lowest BCUT2D eigenvalue weighted by molar-refractivity contribution is 0.369. The molecule has 0 bridgehead atoms. The van der Waals surface area contributed by atoms with Gasteiger partial charge in [0.25, 0.3) is 0 Å². The molecule has 0 radical (unpaired) electrons. The second-order valence-electron chi connectivity index (χ2n) is 6.45. The largest absolute Gasteiger partial charge is 0.507 e. The van der Waals surface area contributed by atoms with Gasteiger partial charge in [-0.1, -0.05) is 6.08 Å². The lowest BCUT2D eigenvalue weighted by Gasteiger charge is -2.23. The van der Waals surface area contributed by atoms with Gasteiger partial charge < -0.3 is 19.5 Å². The second kappa shape index (κ2) is 6.31. The Morgan fingerprint density at radius 3 is 2.77 bits per heavy atom. The summed E-state index contributed by atoms with van der Waals surface area (Å²) in [7, 11) is 2.02. The van der Waals surface area contributed by atoms with Gasteiger partial charge in [-0.15, -0.1) is 0 Å². The number of fused-ring (bicyclic) bond motifs is 1. The van der Waals surface area contributed by atoms with E-state index in [1.54, 1.807) is 24.5 Å². The second-order valence-corrected chi connectivity index (χ2v) is 6.45. The van der Waals surface area contributed by atoms with E-state index >= 15 is 0 Å². The normalized spacial score (nSPS) is 15.2. The summed E-state index contributed by atoms with van der Waals surface area (Å²) in [5.74, 6) is -0.0473. The first-order chi connectivity index (χ1) is 12.5. The van der Waals surface area contributed by atoms with E-state index in [0.29, 0.717) is 23.3 Å². The number of phenols is 2. The van der Waals surface area contributed by atoms with E-state index < -0.39 is 0 Å². The Balaban J connectivity index is 2.02. The first-order valence-electron chi connectivity index (χ1n) is 8.35. The molecule has 26 heavy (non-hydrogen) atoms. The molecule has 0 amide bonds. The van der Waals surface area contributed by atoms with Gasteiger partial charge in [0.2, 0.25) is 0 Å². The number of benzene rings is 1. The van der Waals surface area contributed by atoms with Crippen molar-refractivity contribution in [2.45, 2.75) is 6.42 Å². The molecule has 0 fully saturated rings. The molecule has 0 saturated heterocycles. The van der Waals surface area contributed by atoms with Crippen LogP contribution in [0.1, 0.15) is 12.0 Å². The van der Waals surface area contributed by atoms with E-state index in [0.717, 1.165) is 18.7 Å². The van der Waals surface area contributed by atoms with Crippen molar-refractivity contribution in [1.82, 2.24) is 9.88 Å². The highest BCUT2D eigenvalue weighted by molar-refractivity contribution is 5.96. The van der Waals surface area contributed by atoms with Crippen molar-refractivity contribution in [1.29, 1.82) is 0 Å². The zero-order valence-corrected chi connectivity index (χ0v) is 14.3. The number of likely N-dealkylation sites (N-methyl/N-ethyl adjacent to an activating group) is 1. The summed E-state index contributed by atoms with van der Waals surface area (Å²) >= 11 is 0. The van der Waals surface area contributed by atoms with Crippen molar-refractivity contribution < 1.29 is 14.6 Å². The van der Waals surface area contributed by atoms with Crippen LogP contribution in [-0.4, -0.2) is 40.2 Å². The first-order valence-corrected chi connectivity index (χ1v) is 8.35. The third-order valence-electron chi connectivity index (χ3n) is 4.64. The van der Waals surface area contributed by atoms with Crippen LogP contribution in [0.2, 0.25) is 0 Å². The van der Waals surface area contributed by atoms with Crippen molar-refractivity contribution in [3.05, 3.63) is 58.5 Å². The molecule has 1 aliphatic heterocycles. The highest BCUT2D eigenvalue weighted by Gasteiger charge is 2.22. The Kier molecular flexibility index (Phi) is 3.97. The van der Waals surface area contributed by atoms with Crippen LogP contribution in [0.15, 0.2) is 51.9 Å². The van der Waals surface area contributed by atoms with Crippen molar-refractivity contribution in [2.24, 2.45) is 0 Å². The predicted octanol–water partition coefficient (Wildman–Crippen LogP) is 2.99. The highest BCUT2D eigenvalue weighted by atomic mass is 16.3. The van der Waals surface area contributed by atoms with Gasteiger partial charge in [0.15, 0.2) is 11.0 Å². The maximum atomic E-state index is 12.6. The number of pyridine rings is 1. The third-order valence-corrected chi connectivity index (χ3v) is 4.64. The van der Waals surface area contributed by atoms with Crippen LogP contribution in [0.5, 0.6) is 11.5 Å². The molecular weight excluding hydrogens is 332 g/mol. The molecule has 1 aliphatic rings. The summed E-state index contributed by atoms with van der Waals surface area (Å²) in [5.41, 5.74) is 1.85. The average molecular weight is 350 g/mol. The van der Waals surface area contributed by atoms with Gasteiger partial charge in [0.05, 0.1) is 5.56 Å². The van der Waals surface area contributed by atoms with E-state index in [1.807, 2.05) is 13.1 Å². The topological polar surface area (TPSA) is 86.8 Å². The van der Waals surface area contributed by atoms with Gasteiger partial charge in [0.1, 0.15) is 22.6 Å². The average Bonchev–Trinajstić information content (AvgIpc) is 2.63. The summed E-state index contributed by atoms with van der Waals surface area (Å²) in [5, 5.41) is 20.7. The number of aromatic hydroxyl groups is 2. The number of nitrogens with zero attached hydrogens (tertiary/aromatic N) is 2. The zero-order chi connectivity index (χ0) is 18.3. The van der Waals surface area contributed by atoms with Crippen LogP contribution in [0.4, 0.5) is 0 Å². The quantitative estimate of drug-likeness (QED) is 0.739. The molecule has 4 rings (SSSR count). The monoisotopic (exact) mass is 350 g/mol. The lowest BCUT2D eigenvalue weighted by atomic mass is 9.96. The van der Waals surface area contributed by atoms with Crippen LogP contribution < -0.4 is 5.43 Å². The Morgan fingerprint density at radius 1 is 1.23 bits per heavy atom. The van der Waals surface area contributed by atoms with Gasteiger partial charge in [0, 0.05) is 43.2 Å². The van der Waals surface area contributed by atoms with Crippen LogP contribution in [0.25, 0.3) is 27.9 Å². The Labute approximate surface area is 149 Å². The number of hydrogen-bond acceptors (Lipinski definition) is 6. The zero-order valence-electron chi connectivity index (χ0n) is 14.3. The fraction of sp³-hybridized carbons (Fsp3) is 0.200. The summed E-state index contributed by atoms with van der Waals surface area (Å²) in [6.07, 6.45) is 5.95. The molecule has 2 aromatic heterocycles. The van der Waals surface area contributed by atoms with Crippen LogP contribution in [0, 0.1) is 0 Å². The fourth-order valence-corrected chi connectivity index (χ4v) is 3.26. The van der Waals surface area contributed by atoms with Crippen molar-refractivity contribution in [2.75, 3.05) is 20.1 Å². The summed E-state index contributed by atoms with van der Waals surface area (Å²) < 4.78 is 5.99. The molecule has 132 valence electrons. The van der Waals surface area contributed by atoms with E-state index in [1.165, 1.54) is 12.1 Å². The van der Waals surface area contributed by atoms with E-state index in [2.05, 4.69) is 9.88 Å². The summed E-state index contributed by atoms with van der Waals surface area (Å²) in [6, 6.07) is 6.08. The SMILES string of the molecule is CN1CC=C(c2c(O)cc(O)c3c(=O)cc(-c4cccnc4)oc23)CC1. The number of phenolic OH excluding ortho intramolecular Hbond substituents is 2. The molecule has 0 saturated carbocycles. The molecule has 2 N–H and O–H groups in total. The van der Waals surface area contributed by atoms with E-state index in [9.17, 15) is 15.0 Å². The molecule has 6 heteroatoms. The molecule has 3 heterocycles. The summed E-state index contributed by atoms with van der Waals surface area (Å²) in [4.78, 5) is 18.8. The maximum absolute atomic E-state index is 12.6. The van der Waals surface area contributed by atoms with Crippen LogP contribution >= 0.6 is 0 Å².